The van der Waals surface area contributed by atoms with Crippen LogP contribution in [0.4, 0.5) is 0 Å². The van der Waals surface area contributed by atoms with Crippen molar-refractivity contribution >= 4 is 16.0 Å². The Morgan fingerprint density at radius 2 is 1.41 bits per heavy atom. The molecule has 0 heterocycles. The smallest absolute Gasteiger partial charge is 0.264 e. The van der Waals surface area contributed by atoms with Crippen LogP contribution < -0.4 is 5.32 Å². The molecule has 0 spiro atoms. The standard InChI is InChI=1S/C21H41NO4S/c1-3-4-5-6-7-8-9-10-11-12-13-14-15-16-17-20(21(23)22-2)18-19-27(24,25)26/h10-11,20H,3-9,12-19H2,1-2H3,(H,22,23)(H,24,25,26)/b11-10-. The number of nitrogens with one attached hydrogen (secondary N) is 1. The first-order valence-electron chi connectivity index (χ1n) is 10.7. The van der Waals surface area contributed by atoms with Gasteiger partial charge in [0.1, 0.15) is 0 Å². The van der Waals surface area contributed by atoms with E-state index in [4.69, 9.17) is 4.55 Å². The molecule has 0 saturated carbocycles. The Bertz CT molecular complexity index is 488. The number of carbonyl (C=O) groups is 1. The molecule has 0 radical (unpaired) electrons. The first-order chi connectivity index (χ1) is 12.9. The van der Waals surface area contributed by atoms with E-state index in [0.717, 1.165) is 32.1 Å². The van der Waals surface area contributed by atoms with Crippen LogP contribution in [-0.2, 0) is 14.9 Å². The molecule has 0 saturated heterocycles. The molecule has 2 N–H and O–H groups in total. The third kappa shape index (κ3) is 18.3. The summed E-state index contributed by atoms with van der Waals surface area (Å²) in [7, 11) is -2.45. The Balaban J connectivity index is 3.66. The van der Waals surface area contributed by atoms with Gasteiger partial charge in [-0.05, 0) is 38.5 Å². The summed E-state index contributed by atoms with van der Waals surface area (Å²) >= 11 is 0. The summed E-state index contributed by atoms with van der Waals surface area (Å²) in [6, 6.07) is 0. The van der Waals surface area contributed by atoms with Crippen LogP contribution in [0.3, 0.4) is 0 Å². The molecular formula is C21H41NO4S. The molecule has 6 heteroatoms. The van der Waals surface area contributed by atoms with Crippen LogP contribution in [0, 0.1) is 5.92 Å². The Kier molecular flexibility index (Phi) is 16.7. The van der Waals surface area contributed by atoms with Gasteiger partial charge in [0.05, 0.1) is 5.75 Å². The van der Waals surface area contributed by atoms with Crippen molar-refractivity contribution in [1.29, 1.82) is 0 Å². The van der Waals surface area contributed by atoms with Crippen LogP contribution >= 0.6 is 0 Å². The van der Waals surface area contributed by atoms with Crippen molar-refractivity contribution in [1.82, 2.24) is 5.32 Å². The zero-order valence-corrected chi connectivity index (χ0v) is 18.2. The number of hydrogen-bond acceptors (Lipinski definition) is 3. The molecule has 27 heavy (non-hydrogen) atoms. The van der Waals surface area contributed by atoms with Gasteiger partial charge in [-0.1, -0.05) is 70.4 Å². The topological polar surface area (TPSA) is 83.5 Å². The molecule has 0 aromatic heterocycles. The second-order valence-corrected chi connectivity index (χ2v) is 8.98. The Morgan fingerprint density at radius 3 is 1.93 bits per heavy atom. The fourth-order valence-electron chi connectivity index (χ4n) is 3.19. The SMILES string of the molecule is CCCCCCCC/C=C\CCCCCCC(CCS(=O)(=O)O)C(=O)NC. The number of amides is 1. The minimum absolute atomic E-state index is 0.142. The monoisotopic (exact) mass is 403 g/mol. The Labute approximate surface area is 167 Å². The van der Waals surface area contributed by atoms with E-state index >= 15 is 0 Å². The van der Waals surface area contributed by atoms with Crippen molar-refractivity contribution in [2.24, 2.45) is 5.92 Å². The van der Waals surface area contributed by atoms with Crippen LogP contribution in [0.15, 0.2) is 12.2 Å². The summed E-state index contributed by atoms with van der Waals surface area (Å²) in [4.78, 5) is 11.8. The van der Waals surface area contributed by atoms with E-state index in [1.807, 2.05) is 0 Å². The Morgan fingerprint density at radius 1 is 0.889 bits per heavy atom. The fourth-order valence-corrected chi connectivity index (χ4v) is 3.77. The number of rotatable bonds is 18. The maximum Gasteiger partial charge on any atom is 0.264 e. The van der Waals surface area contributed by atoms with Crippen molar-refractivity contribution < 1.29 is 17.8 Å². The van der Waals surface area contributed by atoms with Crippen LogP contribution in [0.2, 0.25) is 0 Å². The van der Waals surface area contributed by atoms with Gasteiger partial charge in [0.2, 0.25) is 5.91 Å². The average molecular weight is 404 g/mol. The molecule has 0 aromatic carbocycles. The van der Waals surface area contributed by atoms with E-state index in [1.165, 1.54) is 44.9 Å². The van der Waals surface area contributed by atoms with Gasteiger partial charge in [0.15, 0.2) is 0 Å². The van der Waals surface area contributed by atoms with Crippen molar-refractivity contribution in [3.8, 4) is 0 Å². The van der Waals surface area contributed by atoms with Crippen molar-refractivity contribution in [3.63, 3.8) is 0 Å². The number of unbranched alkanes of at least 4 members (excludes halogenated alkanes) is 10. The number of allylic oxidation sites excluding steroid dienone is 2. The molecule has 0 aliphatic carbocycles. The van der Waals surface area contributed by atoms with Crippen LogP contribution in [0.5, 0.6) is 0 Å². The van der Waals surface area contributed by atoms with Gasteiger partial charge in [-0.25, -0.2) is 0 Å². The summed E-state index contributed by atoms with van der Waals surface area (Å²) < 4.78 is 30.6. The maximum absolute atomic E-state index is 11.8. The zero-order chi connectivity index (χ0) is 20.4. The molecule has 0 aliphatic heterocycles. The third-order valence-electron chi connectivity index (χ3n) is 4.91. The molecule has 1 unspecified atom stereocenters. The van der Waals surface area contributed by atoms with E-state index in [2.05, 4.69) is 24.4 Å². The van der Waals surface area contributed by atoms with Crippen molar-refractivity contribution in [2.45, 2.75) is 96.8 Å². The highest BCUT2D eigenvalue weighted by molar-refractivity contribution is 7.85. The highest BCUT2D eigenvalue weighted by Crippen LogP contribution is 2.16. The molecule has 1 amide bonds. The molecular weight excluding hydrogens is 362 g/mol. The quantitative estimate of drug-likeness (QED) is 0.185. The zero-order valence-electron chi connectivity index (χ0n) is 17.4. The van der Waals surface area contributed by atoms with E-state index in [1.54, 1.807) is 7.05 Å². The lowest BCUT2D eigenvalue weighted by Crippen LogP contribution is -2.29. The molecule has 160 valence electrons. The average Bonchev–Trinajstić information content (AvgIpc) is 2.63. The van der Waals surface area contributed by atoms with E-state index in [0.29, 0.717) is 6.42 Å². The minimum Gasteiger partial charge on any atom is -0.359 e. The van der Waals surface area contributed by atoms with Gasteiger partial charge in [-0.15, -0.1) is 0 Å². The summed E-state index contributed by atoms with van der Waals surface area (Å²) in [5.74, 6) is -0.834. The van der Waals surface area contributed by atoms with Crippen molar-refractivity contribution in [2.75, 3.05) is 12.8 Å². The first-order valence-corrected chi connectivity index (χ1v) is 12.3. The highest BCUT2D eigenvalue weighted by atomic mass is 32.2. The molecule has 0 rings (SSSR count). The number of carbonyl (C=O) groups excluding carboxylic acids is 1. The van der Waals surface area contributed by atoms with Gasteiger partial charge in [-0.2, -0.15) is 8.42 Å². The largest absolute Gasteiger partial charge is 0.359 e. The molecule has 0 aromatic rings. The predicted molar refractivity (Wildman–Crippen MR) is 113 cm³/mol. The Hall–Kier alpha value is -0.880. The summed E-state index contributed by atoms with van der Waals surface area (Å²) in [6.07, 6.45) is 20.0. The van der Waals surface area contributed by atoms with Gasteiger partial charge in [0.25, 0.3) is 10.1 Å². The van der Waals surface area contributed by atoms with E-state index in [9.17, 15) is 13.2 Å². The maximum atomic E-state index is 11.8. The van der Waals surface area contributed by atoms with Gasteiger partial charge in [0, 0.05) is 13.0 Å². The summed E-state index contributed by atoms with van der Waals surface area (Å²) in [5.41, 5.74) is 0. The second-order valence-electron chi connectivity index (χ2n) is 7.41. The fraction of sp³-hybridized carbons (Fsp3) is 0.857. The third-order valence-corrected chi connectivity index (χ3v) is 5.66. The lowest BCUT2D eigenvalue weighted by atomic mass is 9.97. The lowest BCUT2D eigenvalue weighted by Gasteiger charge is -2.14. The van der Waals surface area contributed by atoms with Crippen molar-refractivity contribution in [3.05, 3.63) is 12.2 Å². The highest BCUT2D eigenvalue weighted by Gasteiger charge is 2.19. The first kappa shape index (κ1) is 26.1. The lowest BCUT2D eigenvalue weighted by molar-refractivity contribution is -0.124. The molecule has 1 atom stereocenters. The van der Waals surface area contributed by atoms with E-state index < -0.39 is 10.1 Å². The molecule has 0 fully saturated rings. The summed E-state index contributed by atoms with van der Waals surface area (Å²) in [5, 5.41) is 2.58. The van der Waals surface area contributed by atoms with Crippen LogP contribution in [0.25, 0.3) is 0 Å². The minimum atomic E-state index is -4.01. The molecule has 0 bridgehead atoms. The summed E-state index contributed by atoms with van der Waals surface area (Å²) in [6.45, 7) is 2.24. The second kappa shape index (κ2) is 17.2. The molecule has 5 nitrogen and oxygen atoms in total. The van der Waals surface area contributed by atoms with Crippen LogP contribution in [0.1, 0.15) is 96.8 Å². The predicted octanol–water partition coefficient (Wildman–Crippen LogP) is 5.27. The normalized spacial score (nSPS) is 13.1. The number of hydrogen-bond donors (Lipinski definition) is 2. The van der Waals surface area contributed by atoms with Gasteiger partial charge >= 0.3 is 0 Å². The molecule has 0 aliphatic rings. The van der Waals surface area contributed by atoms with Gasteiger partial charge < -0.3 is 5.32 Å². The van der Waals surface area contributed by atoms with E-state index in [-0.39, 0.29) is 24.0 Å². The van der Waals surface area contributed by atoms with Crippen LogP contribution in [-0.4, -0.2) is 31.7 Å². The van der Waals surface area contributed by atoms with Gasteiger partial charge in [-0.3, -0.25) is 9.35 Å².